The Morgan fingerprint density at radius 3 is 1.87 bits per heavy atom. The molecule has 12 nitrogen and oxygen atoms in total. The van der Waals surface area contributed by atoms with Crippen molar-refractivity contribution in [2.75, 3.05) is 6.54 Å². The molecule has 0 unspecified atom stereocenters. The van der Waals surface area contributed by atoms with Crippen molar-refractivity contribution >= 4 is 31.3 Å². The number of hydrogen-bond acceptors (Lipinski definition) is 8. The van der Waals surface area contributed by atoms with Crippen molar-refractivity contribution in [3.63, 3.8) is 0 Å². The Balaban J connectivity index is 1.46. The maximum absolute atomic E-state index is 15.1. The summed E-state index contributed by atoms with van der Waals surface area (Å²) in [6.45, 7) is 5.47. The van der Waals surface area contributed by atoms with Crippen LogP contribution in [0, 0.1) is 5.41 Å². The van der Waals surface area contributed by atoms with Crippen LogP contribution in [0.1, 0.15) is 50.3 Å². The first-order valence-corrected chi connectivity index (χ1v) is 19.1. The lowest BCUT2D eigenvalue weighted by Gasteiger charge is -2.32. The molecule has 1 aliphatic heterocycles. The van der Waals surface area contributed by atoms with E-state index in [1.807, 2.05) is 30.3 Å². The number of amidine groups is 1. The Bertz CT molecular complexity index is 1860. The largest absolute Gasteiger partial charge is 0.453 e. The highest BCUT2D eigenvalue weighted by Gasteiger charge is 2.44. The Hall–Kier alpha value is -5.61. The van der Waals surface area contributed by atoms with Crippen LogP contribution in [0.2, 0.25) is 0 Å². The Kier molecular flexibility index (Phi) is 12.6. The zero-order chi connectivity index (χ0) is 38.0. The standard InChI is InChI=1S/C40H46N5O7P/c1-40(2,3)50-39(48)43-33(26-28-14-7-4-8-15-28)38(47)45-25-13-20-34(45)37(46)44-35(27-29-21-23-30(24-22-29)36(41)42)53(49,51-31-16-9-5-10-17-31)52-32-18-11-6-12-19-32/h4-12,14-19,21-24,33-35H,13,20,25-27H2,1-3H3,(H3,41,42)(H,43,48)(H,44,46)/t33-,34-,35+/m0/s1. The van der Waals surface area contributed by atoms with Crippen LogP contribution in [0.5, 0.6) is 11.5 Å². The molecule has 0 bridgehead atoms. The number of likely N-dealkylation sites (tertiary alicyclic amines) is 1. The molecule has 3 atom stereocenters. The van der Waals surface area contributed by atoms with Gasteiger partial charge in [-0.25, -0.2) is 9.36 Å². The number of alkyl carbamates (subject to hydrolysis) is 1. The van der Waals surface area contributed by atoms with E-state index in [0.29, 0.717) is 24.0 Å². The van der Waals surface area contributed by atoms with E-state index in [9.17, 15) is 14.4 Å². The fourth-order valence-electron chi connectivity index (χ4n) is 5.95. The molecule has 278 valence electrons. The number of rotatable bonds is 14. The number of ether oxygens (including phenoxy) is 1. The molecular weight excluding hydrogens is 693 g/mol. The number of hydrogen-bond donors (Lipinski definition) is 4. The number of amides is 3. The van der Waals surface area contributed by atoms with Gasteiger partial charge in [-0.15, -0.1) is 0 Å². The molecule has 0 aromatic heterocycles. The van der Waals surface area contributed by atoms with E-state index < -0.39 is 49.0 Å². The molecule has 13 heteroatoms. The highest BCUT2D eigenvalue weighted by molar-refractivity contribution is 7.55. The number of nitrogens with two attached hydrogens (primary N) is 1. The molecule has 5 N–H and O–H groups in total. The average molecular weight is 740 g/mol. The minimum atomic E-state index is -4.29. The molecule has 53 heavy (non-hydrogen) atoms. The van der Waals surface area contributed by atoms with Crippen molar-refractivity contribution in [2.24, 2.45) is 5.73 Å². The zero-order valence-corrected chi connectivity index (χ0v) is 31.0. The van der Waals surface area contributed by atoms with Gasteiger partial charge < -0.3 is 35.1 Å². The number of nitrogen functional groups attached to an aromatic ring is 1. The molecule has 0 aliphatic carbocycles. The first-order chi connectivity index (χ1) is 25.3. The molecule has 1 saturated heterocycles. The lowest BCUT2D eigenvalue weighted by Crippen LogP contribution is -2.55. The van der Waals surface area contributed by atoms with Crippen molar-refractivity contribution in [1.82, 2.24) is 15.5 Å². The summed E-state index contributed by atoms with van der Waals surface area (Å²) >= 11 is 0. The third-order valence-corrected chi connectivity index (χ3v) is 10.5. The van der Waals surface area contributed by atoms with Crippen LogP contribution in [0.4, 0.5) is 4.79 Å². The maximum Gasteiger partial charge on any atom is 0.453 e. The van der Waals surface area contributed by atoms with Crippen molar-refractivity contribution in [2.45, 2.75) is 69.9 Å². The van der Waals surface area contributed by atoms with Crippen molar-refractivity contribution < 1.29 is 32.7 Å². The van der Waals surface area contributed by atoms with Crippen LogP contribution in [0.15, 0.2) is 115 Å². The molecule has 5 rings (SSSR count). The Morgan fingerprint density at radius 2 is 1.34 bits per heavy atom. The number of nitrogens with one attached hydrogen (secondary N) is 3. The molecule has 4 aromatic carbocycles. The predicted octanol–water partition coefficient (Wildman–Crippen LogP) is 6.43. The van der Waals surface area contributed by atoms with Gasteiger partial charge in [0.2, 0.25) is 11.8 Å². The normalized spacial score (nSPS) is 15.5. The van der Waals surface area contributed by atoms with Gasteiger partial charge in [0.1, 0.15) is 35.0 Å². The molecule has 1 heterocycles. The third kappa shape index (κ3) is 10.9. The molecule has 0 radical (unpaired) electrons. The van der Waals surface area contributed by atoms with E-state index in [2.05, 4.69) is 10.6 Å². The molecular formula is C40H46N5O7P. The second-order valence-corrected chi connectivity index (χ2v) is 15.8. The van der Waals surface area contributed by atoms with E-state index in [4.69, 9.17) is 24.9 Å². The van der Waals surface area contributed by atoms with Gasteiger partial charge in [-0.1, -0.05) is 91.0 Å². The van der Waals surface area contributed by atoms with E-state index in [1.54, 1.807) is 106 Å². The number of nitrogens with zero attached hydrogens (tertiary/aromatic N) is 1. The summed E-state index contributed by atoms with van der Waals surface area (Å²) in [5.74, 6) is -1.79. The molecule has 1 fully saturated rings. The second-order valence-electron chi connectivity index (χ2n) is 13.8. The summed E-state index contributed by atoms with van der Waals surface area (Å²) < 4.78 is 32.9. The number of carbonyl (C=O) groups excluding carboxylic acids is 3. The molecule has 0 spiro atoms. The van der Waals surface area contributed by atoms with Crippen LogP contribution < -0.4 is 25.4 Å². The number of para-hydroxylation sites is 2. The molecule has 4 aromatic rings. The fraction of sp³-hybridized carbons (Fsp3) is 0.300. The summed E-state index contributed by atoms with van der Waals surface area (Å²) in [6, 6.07) is 31.2. The van der Waals surface area contributed by atoms with E-state index >= 15 is 4.57 Å². The summed E-state index contributed by atoms with van der Waals surface area (Å²) in [5, 5.41) is 13.5. The van der Waals surface area contributed by atoms with Gasteiger partial charge in [0, 0.05) is 24.9 Å². The third-order valence-electron chi connectivity index (χ3n) is 8.45. The Labute approximate surface area is 310 Å². The van der Waals surface area contributed by atoms with Crippen LogP contribution in [0.3, 0.4) is 0 Å². The van der Waals surface area contributed by atoms with Crippen molar-refractivity contribution in [1.29, 1.82) is 5.41 Å². The quantitative estimate of drug-likeness (QED) is 0.0650. The van der Waals surface area contributed by atoms with E-state index in [1.165, 1.54) is 4.90 Å². The van der Waals surface area contributed by atoms with Crippen molar-refractivity contribution in [3.05, 3.63) is 132 Å². The van der Waals surface area contributed by atoms with Crippen LogP contribution >= 0.6 is 7.60 Å². The van der Waals surface area contributed by atoms with E-state index in [0.717, 1.165) is 5.56 Å². The maximum atomic E-state index is 15.1. The SMILES string of the molecule is CC(C)(C)OC(=O)N[C@@H](Cc1ccccc1)C(=O)N1CCC[C@H]1C(=O)N[C@@H](Cc1ccc(C(=N)N)cc1)P(=O)(Oc1ccccc1)Oc1ccccc1. The van der Waals surface area contributed by atoms with Crippen molar-refractivity contribution in [3.8, 4) is 11.5 Å². The summed E-state index contributed by atoms with van der Waals surface area (Å²) in [4.78, 5) is 43.0. The van der Waals surface area contributed by atoms with E-state index in [-0.39, 0.29) is 36.7 Å². The van der Waals surface area contributed by atoms with Crippen LogP contribution in [0.25, 0.3) is 0 Å². The smallest absolute Gasteiger partial charge is 0.444 e. The van der Waals surface area contributed by atoms with Gasteiger partial charge in [-0.2, -0.15) is 0 Å². The monoisotopic (exact) mass is 739 g/mol. The minimum absolute atomic E-state index is 0.0123. The lowest BCUT2D eigenvalue weighted by atomic mass is 10.0. The van der Waals surface area contributed by atoms with Gasteiger partial charge >= 0.3 is 13.7 Å². The lowest BCUT2D eigenvalue weighted by molar-refractivity contribution is -0.140. The molecule has 1 aliphatic rings. The van der Waals surface area contributed by atoms with Gasteiger partial charge in [0.15, 0.2) is 5.78 Å². The highest BCUT2D eigenvalue weighted by atomic mass is 31.2. The Morgan fingerprint density at radius 1 is 0.811 bits per heavy atom. The first-order valence-electron chi connectivity index (χ1n) is 17.5. The van der Waals surface area contributed by atoms with Gasteiger partial charge in [0.25, 0.3) is 0 Å². The highest BCUT2D eigenvalue weighted by Crippen LogP contribution is 2.53. The molecule has 0 saturated carbocycles. The first kappa shape index (κ1) is 38.6. The summed E-state index contributed by atoms with van der Waals surface area (Å²) in [7, 11) is -4.29. The summed E-state index contributed by atoms with van der Waals surface area (Å²) in [5.41, 5.74) is 6.87. The number of benzene rings is 4. The fourth-order valence-corrected chi connectivity index (χ4v) is 7.79. The number of carbonyl (C=O) groups is 3. The summed E-state index contributed by atoms with van der Waals surface area (Å²) in [6.07, 6.45) is 0.307. The van der Waals surface area contributed by atoms with Crippen LogP contribution in [-0.4, -0.2) is 58.7 Å². The van der Waals surface area contributed by atoms with Crippen LogP contribution in [-0.2, 0) is 31.7 Å². The molecule has 3 amide bonds. The van der Waals surface area contributed by atoms with Gasteiger partial charge in [-0.05, 0) is 69.0 Å². The topological polar surface area (TPSA) is 173 Å². The average Bonchev–Trinajstić information content (AvgIpc) is 3.62. The van der Waals surface area contributed by atoms with Gasteiger partial charge in [-0.3, -0.25) is 15.0 Å². The second kappa shape index (κ2) is 17.3. The predicted molar refractivity (Wildman–Crippen MR) is 203 cm³/mol. The minimum Gasteiger partial charge on any atom is -0.444 e. The zero-order valence-electron chi connectivity index (χ0n) is 30.1. The van der Waals surface area contributed by atoms with Gasteiger partial charge in [0.05, 0.1) is 0 Å².